The van der Waals surface area contributed by atoms with E-state index in [2.05, 4.69) is 5.32 Å². The Labute approximate surface area is 252 Å². The molecule has 2 aromatic rings. The number of nitrogens with one attached hydrogen (secondary N) is 1. The van der Waals surface area contributed by atoms with Crippen molar-refractivity contribution < 1.29 is 27.5 Å². The largest absolute Gasteiger partial charge is 0.390 e. The van der Waals surface area contributed by atoms with Crippen LogP contribution in [0, 0.1) is 33.5 Å². The van der Waals surface area contributed by atoms with Crippen LogP contribution in [-0.4, -0.2) is 77.7 Å². The van der Waals surface area contributed by atoms with Gasteiger partial charge >= 0.3 is 0 Å². The number of aryl methyl sites for hydroxylation is 2. The number of carbonyl (C=O) groups is 2. The van der Waals surface area contributed by atoms with E-state index in [4.69, 9.17) is 4.99 Å². The molecule has 2 fully saturated rings. The summed E-state index contributed by atoms with van der Waals surface area (Å²) < 4.78 is 41.9. The van der Waals surface area contributed by atoms with Crippen molar-refractivity contribution in [3.63, 3.8) is 0 Å². The quantitative estimate of drug-likeness (QED) is 0.535. The second kappa shape index (κ2) is 11.3. The molecule has 0 aliphatic carbocycles. The van der Waals surface area contributed by atoms with Gasteiger partial charge in [-0.25, -0.2) is 12.8 Å². The van der Waals surface area contributed by atoms with Gasteiger partial charge in [0.25, 0.3) is 11.8 Å². The number of rotatable bonds is 5. The average Bonchev–Trinajstić information content (AvgIpc) is 3.25. The maximum Gasteiger partial charge on any atom is 0.253 e. The summed E-state index contributed by atoms with van der Waals surface area (Å²) in [5.74, 6) is -0.302. The van der Waals surface area contributed by atoms with Crippen LogP contribution < -0.4 is 5.32 Å². The number of aliphatic imine (C=N–C) groups is 1. The Kier molecular flexibility index (Phi) is 8.12. The van der Waals surface area contributed by atoms with E-state index in [1.807, 2.05) is 13.8 Å². The minimum atomic E-state index is -3.78. The van der Waals surface area contributed by atoms with Crippen molar-refractivity contribution in [3.8, 4) is 0 Å². The Bertz CT molecular complexity index is 1620. The van der Waals surface area contributed by atoms with E-state index in [1.54, 1.807) is 49.9 Å². The second-order valence-electron chi connectivity index (χ2n) is 12.4. The van der Waals surface area contributed by atoms with E-state index in [0.29, 0.717) is 54.0 Å². The summed E-state index contributed by atoms with van der Waals surface area (Å²) in [6.45, 7) is 10.2. The Balaban J connectivity index is 1.27. The van der Waals surface area contributed by atoms with E-state index in [1.165, 1.54) is 15.8 Å². The van der Waals surface area contributed by atoms with Gasteiger partial charge in [0, 0.05) is 42.7 Å². The molecular formula is C32H39FN4O5S. The highest BCUT2D eigenvalue weighted by atomic mass is 32.2. The average molecular weight is 611 g/mol. The highest BCUT2D eigenvalue weighted by Gasteiger charge is 2.47. The summed E-state index contributed by atoms with van der Waals surface area (Å²) in [6, 6.07) is 6.51. The van der Waals surface area contributed by atoms with Gasteiger partial charge in [-0.1, -0.05) is 0 Å². The van der Waals surface area contributed by atoms with Gasteiger partial charge < -0.3 is 15.3 Å². The number of amides is 2. The van der Waals surface area contributed by atoms with Gasteiger partial charge in [0.2, 0.25) is 10.0 Å². The Morgan fingerprint density at radius 2 is 1.60 bits per heavy atom. The molecule has 0 bridgehead atoms. The number of halogens is 1. The Morgan fingerprint density at radius 1 is 1.00 bits per heavy atom. The number of hydrogen-bond donors (Lipinski definition) is 2. The zero-order chi connectivity index (χ0) is 31.3. The fraction of sp³-hybridized carbons (Fsp3) is 0.469. The van der Waals surface area contributed by atoms with E-state index in [0.717, 1.165) is 16.7 Å². The third-order valence-corrected chi connectivity index (χ3v) is 10.8. The minimum Gasteiger partial charge on any atom is -0.390 e. The standard InChI is InChI=1S/C32H39FN4O5S/c1-20-18-24(29(38)36-13-9-31(5,40)10-14-36)19-21(2)25(20)8-17-43(41,42)37-15-11-32(12-16-37)30(39)34-28(35-32)26-6-7-27(33)23(4)22(26)3/h6-8,17-19,40H,9-16H2,1-5H3,(H,34,35,39). The molecule has 2 saturated heterocycles. The predicted molar refractivity (Wildman–Crippen MR) is 164 cm³/mol. The minimum absolute atomic E-state index is 0.0985. The van der Waals surface area contributed by atoms with Crippen LogP contribution >= 0.6 is 0 Å². The molecule has 43 heavy (non-hydrogen) atoms. The van der Waals surface area contributed by atoms with Crippen LogP contribution in [0.25, 0.3) is 6.08 Å². The van der Waals surface area contributed by atoms with Crippen LogP contribution in [0.4, 0.5) is 4.39 Å². The first-order valence-corrected chi connectivity index (χ1v) is 16.1. The van der Waals surface area contributed by atoms with Crippen molar-refractivity contribution in [3.05, 3.63) is 74.4 Å². The van der Waals surface area contributed by atoms with Crippen molar-refractivity contribution in [2.45, 2.75) is 71.4 Å². The SMILES string of the molecule is Cc1cc(C(=O)N2CCC(C)(O)CC2)cc(C)c1C=CS(=O)(=O)N1CCC2(CC1)N=C(c1ccc(F)c(C)c1C)NC2=O. The predicted octanol–water partition coefficient (Wildman–Crippen LogP) is 3.76. The highest BCUT2D eigenvalue weighted by molar-refractivity contribution is 7.92. The number of benzene rings is 2. The monoisotopic (exact) mass is 610 g/mol. The molecule has 2 N–H and O–H groups in total. The van der Waals surface area contributed by atoms with Gasteiger partial charge in [-0.05, 0) is 118 Å². The normalized spacial score (nSPS) is 20.5. The summed E-state index contributed by atoms with van der Waals surface area (Å²) in [5.41, 5.74) is 2.88. The molecule has 2 aromatic carbocycles. The van der Waals surface area contributed by atoms with Crippen LogP contribution in [0.1, 0.15) is 76.3 Å². The molecule has 0 aromatic heterocycles. The number of piperidine rings is 2. The zero-order valence-corrected chi connectivity index (χ0v) is 26.1. The molecule has 0 saturated carbocycles. The lowest BCUT2D eigenvalue weighted by molar-refractivity contribution is -0.124. The molecule has 3 aliphatic rings. The zero-order valence-electron chi connectivity index (χ0n) is 25.3. The molecule has 1 spiro atoms. The molecule has 3 aliphatic heterocycles. The maximum atomic E-state index is 14.0. The van der Waals surface area contributed by atoms with Gasteiger partial charge in [0.1, 0.15) is 17.2 Å². The topological polar surface area (TPSA) is 119 Å². The summed E-state index contributed by atoms with van der Waals surface area (Å²) in [4.78, 5) is 32.6. The number of sulfonamides is 1. The lowest BCUT2D eigenvalue weighted by Crippen LogP contribution is -2.50. The van der Waals surface area contributed by atoms with E-state index >= 15 is 0 Å². The van der Waals surface area contributed by atoms with E-state index < -0.39 is 21.2 Å². The molecule has 0 unspecified atom stereocenters. The summed E-state index contributed by atoms with van der Waals surface area (Å²) >= 11 is 0. The number of likely N-dealkylation sites (tertiary alicyclic amines) is 1. The van der Waals surface area contributed by atoms with Crippen molar-refractivity contribution in [1.82, 2.24) is 14.5 Å². The van der Waals surface area contributed by atoms with Crippen molar-refractivity contribution >= 4 is 33.7 Å². The first-order valence-electron chi connectivity index (χ1n) is 14.6. The third kappa shape index (κ3) is 6.03. The lowest BCUT2D eigenvalue weighted by atomic mass is 9.89. The fourth-order valence-electron chi connectivity index (χ4n) is 6.11. The van der Waals surface area contributed by atoms with Crippen LogP contribution in [0.5, 0.6) is 0 Å². The Morgan fingerprint density at radius 3 is 2.21 bits per heavy atom. The van der Waals surface area contributed by atoms with Crippen molar-refractivity contribution in [1.29, 1.82) is 0 Å². The molecule has 11 heteroatoms. The second-order valence-corrected chi connectivity index (χ2v) is 14.2. The molecule has 0 radical (unpaired) electrons. The van der Waals surface area contributed by atoms with Crippen LogP contribution in [0.2, 0.25) is 0 Å². The number of hydrogen-bond acceptors (Lipinski definition) is 6. The van der Waals surface area contributed by atoms with Crippen LogP contribution in [0.15, 0.2) is 34.7 Å². The van der Waals surface area contributed by atoms with E-state index in [-0.39, 0.29) is 43.6 Å². The summed E-state index contributed by atoms with van der Waals surface area (Å²) in [7, 11) is -3.78. The van der Waals surface area contributed by atoms with Crippen molar-refractivity contribution in [2.24, 2.45) is 4.99 Å². The molecule has 9 nitrogen and oxygen atoms in total. The van der Waals surface area contributed by atoms with Crippen molar-refractivity contribution in [2.75, 3.05) is 26.2 Å². The van der Waals surface area contributed by atoms with Gasteiger partial charge in [0.15, 0.2) is 0 Å². The number of aliphatic hydroxyl groups is 1. The van der Waals surface area contributed by atoms with Gasteiger partial charge in [-0.3, -0.25) is 14.6 Å². The smallest absolute Gasteiger partial charge is 0.253 e. The van der Waals surface area contributed by atoms with Gasteiger partial charge in [-0.2, -0.15) is 4.31 Å². The van der Waals surface area contributed by atoms with Gasteiger partial charge in [0.05, 0.1) is 5.60 Å². The maximum absolute atomic E-state index is 14.0. The van der Waals surface area contributed by atoms with Gasteiger partial charge in [-0.15, -0.1) is 0 Å². The number of amidine groups is 1. The number of carbonyl (C=O) groups excluding carboxylic acids is 2. The van der Waals surface area contributed by atoms with Crippen LogP contribution in [-0.2, 0) is 14.8 Å². The molecular weight excluding hydrogens is 571 g/mol. The fourth-order valence-corrected chi connectivity index (χ4v) is 7.28. The van der Waals surface area contributed by atoms with Crippen LogP contribution in [0.3, 0.4) is 0 Å². The summed E-state index contributed by atoms with van der Waals surface area (Å²) in [5, 5.41) is 14.2. The highest BCUT2D eigenvalue weighted by Crippen LogP contribution is 2.33. The Hall–Kier alpha value is -3.41. The van der Waals surface area contributed by atoms with E-state index in [9.17, 15) is 27.5 Å². The number of nitrogens with zero attached hydrogens (tertiary/aromatic N) is 3. The lowest BCUT2D eigenvalue weighted by Gasteiger charge is -2.36. The summed E-state index contributed by atoms with van der Waals surface area (Å²) in [6.07, 6.45) is 3.08. The molecule has 0 atom stereocenters. The molecule has 230 valence electrons. The molecule has 5 rings (SSSR count). The third-order valence-electron chi connectivity index (χ3n) is 9.24. The molecule has 3 heterocycles. The molecule has 2 amide bonds. The first-order chi connectivity index (χ1) is 20.1. The first kappa shape index (κ1) is 31.0.